The third kappa shape index (κ3) is 6.28. The lowest BCUT2D eigenvalue weighted by atomic mass is 10.2. The molecule has 24 heavy (non-hydrogen) atoms. The van der Waals surface area contributed by atoms with Crippen LogP contribution in [0, 0.1) is 0 Å². The second-order valence-corrected chi connectivity index (χ2v) is 6.25. The number of ether oxygens (including phenoxy) is 1. The third-order valence-corrected chi connectivity index (χ3v) is 3.08. The molecule has 0 bridgehead atoms. The van der Waals surface area contributed by atoms with E-state index in [1.165, 1.54) is 4.90 Å². The standard InChI is InChI=1S/C17H24N2O5/c1-5-19(16(23)24-17(2,3)4)11-13(15(21)22)18-14(20)12-9-7-6-8-10-12/h6-10,13H,5,11H2,1-4H3,(H,18,20)(H,21,22)/t13-/m1/s1. The van der Waals surface area contributed by atoms with E-state index in [-0.39, 0.29) is 13.1 Å². The zero-order valence-electron chi connectivity index (χ0n) is 14.4. The highest BCUT2D eigenvalue weighted by atomic mass is 16.6. The van der Waals surface area contributed by atoms with E-state index in [9.17, 15) is 19.5 Å². The van der Waals surface area contributed by atoms with Crippen LogP contribution < -0.4 is 5.32 Å². The number of nitrogens with zero attached hydrogens (tertiary/aromatic N) is 1. The smallest absolute Gasteiger partial charge is 0.410 e. The molecule has 0 radical (unpaired) electrons. The maximum absolute atomic E-state index is 12.1. The van der Waals surface area contributed by atoms with Crippen molar-refractivity contribution in [2.24, 2.45) is 0 Å². The zero-order chi connectivity index (χ0) is 18.3. The highest BCUT2D eigenvalue weighted by molar-refractivity contribution is 5.96. The molecule has 0 saturated carbocycles. The lowest BCUT2D eigenvalue weighted by Crippen LogP contribution is -2.50. The van der Waals surface area contributed by atoms with Gasteiger partial charge in [0.05, 0.1) is 6.54 Å². The Hall–Kier alpha value is -2.57. The molecule has 1 aromatic rings. The third-order valence-electron chi connectivity index (χ3n) is 3.08. The number of carboxylic acids is 1. The summed E-state index contributed by atoms with van der Waals surface area (Å²) in [5.41, 5.74) is -0.333. The first-order valence-corrected chi connectivity index (χ1v) is 7.70. The van der Waals surface area contributed by atoms with Gasteiger partial charge in [0.2, 0.25) is 0 Å². The summed E-state index contributed by atoms with van der Waals surface area (Å²) in [5.74, 6) is -1.73. The van der Waals surface area contributed by atoms with Gasteiger partial charge in [0.1, 0.15) is 11.6 Å². The van der Waals surface area contributed by atoms with E-state index in [0.29, 0.717) is 5.56 Å². The number of rotatable bonds is 6. The van der Waals surface area contributed by atoms with Crippen LogP contribution in [-0.2, 0) is 9.53 Å². The predicted octanol–water partition coefficient (Wildman–Crippen LogP) is 2.13. The summed E-state index contributed by atoms with van der Waals surface area (Å²) in [6, 6.07) is 7.06. The van der Waals surface area contributed by atoms with Crippen molar-refractivity contribution < 1.29 is 24.2 Å². The molecule has 2 amide bonds. The fourth-order valence-electron chi connectivity index (χ4n) is 1.90. The summed E-state index contributed by atoms with van der Waals surface area (Å²) in [5, 5.41) is 11.8. The van der Waals surface area contributed by atoms with Crippen molar-refractivity contribution in [1.29, 1.82) is 0 Å². The normalized spacial score (nSPS) is 12.2. The van der Waals surface area contributed by atoms with E-state index in [1.54, 1.807) is 58.0 Å². The Morgan fingerprint density at radius 1 is 1.21 bits per heavy atom. The molecule has 0 aliphatic rings. The minimum Gasteiger partial charge on any atom is -0.480 e. The van der Waals surface area contributed by atoms with E-state index >= 15 is 0 Å². The van der Waals surface area contributed by atoms with Gasteiger partial charge in [-0.1, -0.05) is 18.2 Å². The number of nitrogens with one attached hydrogen (secondary N) is 1. The molecular weight excluding hydrogens is 312 g/mol. The zero-order valence-corrected chi connectivity index (χ0v) is 14.4. The van der Waals surface area contributed by atoms with E-state index in [4.69, 9.17) is 4.74 Å². The Balaban J connectivity index is 2.79. The molecule has 2 N–H and O–H groups in total. The SMILES string of the molecule is CCN(C[C@@H](NC(=O)c1ccccc1)C(=O)O)C(=O)OC(C)(C)C. The van der Waals surface area contributed by atoms with E-state index in [2.05, 4.69) is 5.32 Å². The van der Waals surface area contributed by atoms with Crippen molar-refractivity contribution in [3.63, 3.8) is 0 Å². The fourth-order valence-corrected chi connectivity index (χ4v) is 1.90. The van der Waals surface area contributed by atoms with Crippen LogP contribution in [0.4, 0.5) is 4.79 Å². The van der Waals surface area contributed by atoms with Crippen LogP contribution >= 0.6 is 0 Å². The van der Waals surface area contributed by atoms with Crippen molar-refractivity contribution in [3.8, 4) is 0 Å². The van der Waals surface area contributed by atoms with Gasteiger partial charge < -0.3 is 20.1 Å². The molecule has 0 aliphatic heterocycles. The fraction of sp³-hybridized carbons (Fsp3) is 0.471. The molecule has 132 valence electrons. The van der Waals surface area contributed by atoms with Crippen LogP contribution in [0.25, 0.3) is 0 Å². The Labute approximate surface area is 141 Å². The molecular formula is C17H24N2O5. The van der Waals surface area contributed by atoms with Gasteiger partial charge in [-0.15, -0.1) is 0 Å². The molecule has 0 spiro atoms. The van der Waals surface area contributed by atoms with Crippen molar-refractivity contribution in [2.75, 3.05) is 13.1 Å². The number of carbonyl (C=O) groups is 3. The Bertz CT molecular complexity index is 580. The number of aliphatic carboxylic acids is 1. The van der Waals surface area contributed by atoms with Gasteiger partial charge >= 0.3 is 12.1 Å². The number of carbonyl (C=O) groups excluding carboxylic acids is 2. The Morgan fingerprint density at radius 2 is 1.79 bits per heavy atom. The van der Waals surface area contributed by atoms with Crippen molar-refractivity contribution in [2.45, 2.75) is 39.3 Å². The number of hydrogen-bond acceptors (Lipinski definition) is 4. The Kier molecular flexibility index (Phi) is 6.76. The van der Waals surface area contributed by atoms with Crippen molar-refractivity contribution in [3.05, 3.63) is 35.9 Å². The molecule has 7 heteroatoms. The van der Waals surface area contributed by atoms with Gasteiger partial charge in [-0.05, 0) is 39.8 Å². The average molecular weight is 336 g/mol. The van der Waals surface area contributed by atoms with Gasteiger partial charge in [0, 0.05) is 12.1 Å². The van der Waals surface area contributed by atoms with Crippen LogP contribution in [-0.4, -0.2) is 52.7 Å². The van der Waals surface area contributed by atoms with E-state index in [1.807, 2.05) is 0 Å². The van der Waals surface area contributed by atoms with E-state index in [0.717, 1.165) is 0 Å². The number of benzene rings is 1. The van der Waals surface area contributed by atoms with Crippen LogP contribution in [0.5, 0.6) is 0 Å². The number of carboxylic acid groups (broad SMARTS) is 1. The number of hydrogen-bond donors (Lipinski definition) is 2. The van der Waals surface area contributed by atoms with Crippen molar-refractivity contribution in [1.82, 2.24) is 10.2 Å². The monoisotopic (exact) mass is 336 g/mol. The lowest BCUT2D eigenvalue weighted by Gasteiger charge is -2.28. The van der Waals surface area contributed by atoms with Crippen LogP contribution in [0.3, 0.4) is 0 Å². The Morgan fingerprint density at radius 3 is 2.25 bits per heavy atom. The van der Waals surface area contributed by atoms with Crippen molar-refractivity contribution >= 4 is 18.0 Å². The highest BCUT2D eigenvalue weighted by Crippen LogP contribution is 2.10. The molecule has 0 aliphatic carbocycles. The predicted molar refractivity (Wildman–Crippen MR) is 88.8 cm³/mol. The minimum absolute atomic E-state index is 0.181. The lowest BCUT2D eigenvalue weighted by molar-refractivity contribution is -0.139. The topological polar surface area (TPSA) is 95.9 Å². The van der Waals surface area contributed by atoms with Gasteiger partial charge in [-0.2, -0.15) is 0 Å². The first-order chi connectivity index (χ1) is 11.1. The molecule has 1 aromatic carbocycles. The summed E-state index contributed by atoms with van der Waals surface area (Å²) >= 11 is 0. The van der Waals surface area contributed by atoms with Gasteiger partial charge in [0.25, 0.3) is 5.91 Å². The van der Waals surface area contributed by atoms with Gasteiger partial charge in [-0.3, -0.25) is 4.79 Å². The maximum Gasteiger partial charge on any atom is 0.410 e. The maximum atomic E-state index is 12.1. The number of amides is 2. The van der Waals surface area contributed by atoms with Crippen LogP contribution in [0.1, 0.15) is 38.1 Å². The summed E-state index contributed by atoms with van der Waals surface area (Å²) in [7, 11) is 0. The van der Waals surface area contributed by atoms with Crippen LogP contribution in [0.15, 0.2) is 30.3 Å². The minimum atomic E-state index is -1.23. The van der Waals surface area contributed by atoms with E-state index < -0.39 is 29.6 Å². The molecule has 0 unspecified atom stereocenters. The molecule has 1 rings (SSSR count). The second-order valence-electron chi connectivity index (χ2n) is 6.25. The van der Waals surface area contributed by atoms with Crippen LogP contribution in [0.2, 0.25) is 0 Å². The summed E-state index contributed by atoms with van der Waals surface area (Å²) in [4.78, 5) is 36.9. The highest BCUT2D eigenvalue weighted by Gasteiger charge is 2.28. The molecule has 0 heterocycles. The molecule has 7 nitrogen and oxygen atoms in total. The van der Waals surface area contributed by atoms with Gasteiger partial charge in [0.15, 0.2) is 0 Å². The van der Waals surface area contributed by atoms with Gasteiger partial charge in [-0.25, -0.2) is 9.59 Å². The summed E-state index contributed by atoms with van der Waals surface area (Å²) in [6.07, 6.45) is -0.620. The average Bonchev–Trinajstić information content (AvgIpc) is 2.49. The molecule has 0 aromatic heterocycles. The largest absolute Gasteiger partial charge is 0.480 e. The quantitative estimate of drug-likeness (QED) is 0.829. The summed E-state index contributed by atoms with van der Waals surface area (Å²) < 4.78 is 5.24. The molecule has 0 fully saturated rings. The summed E-state index contributed by atoms with van der Waals surface area (Å²) in [6.45, 7) is 6.97. The first kappa shape index (κ1) is 19.5. The second kappa shape index (κ2) is 8.33. The molecule has 1 atom stereocenters. The first-order valence-electron chi connectivity index (χ1n) is 7.70. The number of likely N-dealkylation sites (N-methyl/N-ethyl adjacent to an activating group) is 1. The molecule has 0 saturated heterocycles.